The molecule has 0 radical (unpaired) electrons. The summed E-state index contributed by atoms with van der Waals surface area (Å²) in [6.45, 7) is 7.40. The number of H-pyrrole nitrogens is 1. The van der Waals surface area contributed by atoms with Gasteiger partial charge < -0.3 is 15.6 Å². The van der Waals surface area contributed by atoms with E-state index < -0.39 is 15.9 Å². The van der Waals surface area contributed by atoms with Gasteiger partial charge in [-0.25, -0.2) is 27.5 Å². The first-order valence-electron chi connectivity index (χ1n) is 11.3. The molecule has 0 spiro atoms. The average Bonchev–Trinajstić information content (AvgIpc) is 3.13. The second-order valence-corrected chi connectivity index (χ2v) is 10.2. The second-order valence-electron chi connectivity index (χ2n) is 8.52. The Balaban J connectivity index is 1.45. The van der Waals surface area contributed by atoms with Crippen LogP contribution in [0.2, 0.25) is 0 Å². The first kappa shape index (κ1) is 25.1. The van der Waals surface area contributed by atoms with E-state index in [-0.39, 0.29) is 10.7 Å². The minimum Gasteiger partial charge on any atom is -0.370 e. The van der Waals surface area contributed by atoms with Gasteiger partial charge in [0.2, 0.25) is 5.91 Å². The summed E-state index contributed by atoms with van der Waals surface area (Å²) in [6.07, 6.45) is 0.673. The zero-order valence-corrected chi connectivity index (χ0v) is 21.2. The highest BCUT2D eigenvalue weighted by atomic mass is 32.2. The highest BCUT2D eigenvalue weighted by molar-refractivity contribution is 7.90. The topological polar surface area (TPSA) is 129 Å². The summed E-state index contributed by atoms with van der Waals surface area (Å²) in [6, 6.07) is 11.0. The van der Waals surface area contributed by atoms with Crippen molar-refractivity contribution in [3.8, 4) is 0 Å². The largest absolute Gasteiger partial charge is 0.370 e. The summed E-state index contributed by atoms with van der Waals surface area (Å²) in [4.78, 5) is 23.1. The number of aryl methyl sites for hydroxylation is 3. The maximum absolute atomic E-state index is 14.2. The summed E-state index contributed by atoms with van der Waals surface area (Å²) < 4.78 is 40.4. The molecule has 0 unspecified atom stereocenters. The molecule has 1 amide bonds. The number of hydrogen-bond donors (Lipinski definition) is 4. The van der Waals surface area contributed by atoms with Gasteiger partial charge in [0.15, 0.2) is 0 Å². The Kier molecular flexibility index (Phi) is 6.93. The molecule has 188 valence electrons. The molecule has 11 heteroatoms. The number of nitrogens with zero attached hydrogens (tertiary/aromatic N) is 2. The van der Waals surface area contributed by atoms with Gasteiger partial charge in [0, 0.05) is 36.3 Å². The zero-order chi connectivity index (χ0) is 26.0. The number of hydrogen-bond acceptors (Lipinski definition) is 7. The molecule has 36 heavy (non-hydrogen) atoms. The smallest absolute Gasteiger partial charge is 0.264 e. The van der Waals surface area contributed by atoms with Crippen molar-refractivity contribution in [2.75, 3.05) is 17.2 Å². The normalized spacial score (nSPS) is 11.5. The molecule has 4 aromatic rings. The fraction of sp³-hybridized carbons (Fsp3) is 0.240. The van der Waals surface area contributed by atoms with Crippen molar-refractivity contribution in [1.29, 1.82) is 0 Å². The molecule has 0 aliphatic heterocycles. The molecule has 0 saturated carbocycles. The quantitative estimate of drug-likeness (QED) is 0.279. The van der Waals surface area contributed by atoms with Crippen LogP contribution < -0.4 is 15.4 Å². The zero-order valence-electron chi connectivity index (χ0n) is 20.4. The van der Waals surface area contributed by atoms with Crippen LogP contribution in [0.1, 0.15) is 29.6 Å². The third-order valence-corrected chi connectivity index (χ3v) is 7.11. The molecule has 0 saturated heterocycles. The number of carbonyl (C=O) groups excluding carboxylic acids is 1. The van der Waals surface area contributed by atoms with Gasteiger partial charge in [-0.2, -0.15) is 0 Å². The molecule has 4 rings (SSSR count). The number of nitrogens with one attached hydrogen (secondary N) is 4. The van der Waals surface area contributed by atoms with Gasteiger partial charge in [0.1, 0.15) is 23.3 Å². The minimum absolute atomic E-state index is 0.0211. The SMILES string of the molecule is CC(=O)NS(=O)(=O)c1ccc(Nc2cc(NCCc3c(C)[nH]c4c(F)ccc(C)c34)nc(C)n2)cc1. The highest BCUT2D eigenvalue weighted by Gasteiger charge is 2.16. The Morgan fingerprint density at radius 1 is 1.03 bits per heavy atom. The number of aromatic amines is 1. The van der Waals surface area contributed by atoms with Gasteiger partial charge in [0.05, 0.1) is 10.4 Å². The van der Waals surface area contributed by atoms with Crippen LogP contribution in [0.25, 0.3) is 10.9 Å². The Morgan fingerprint density at radius 2 is 1.72 bits per heavy atom. The summed E-state index contributed by atoms with van der Waals surface area (Å²) in [7, 11) is -3.90. The summed E-state index contributed by atoms with van der Waals surface area (Å²) in [5, 5.41) is 7.36. The average molecular weight is 511 g/mol. The fourth-order valence-corrected chi connectivity index (χ4v) is 5.10. The Bertz CT molecular complexity index is 1550. The van der Waals surface area contributed by atoms with E-state index >= 15 is 0 Å². The lowest BCUT2D eigenvalue weighted by Gasteiger charge is -2.11. The van der Waals surface area contributed by atoms with E-state index in [0.29, 0.717) is 41.6 Å². The molecular weight excluding hydrogens is 483 g/mol. The lowest BCUT2D eigenvalue weighted by molar-refractivity contribution is -0.117. The molecule has 0 aliphatic carbocycles. The number of rotatable bonds is 8. The lowest BCUT2D eigenvalue weighted by Crippen LogP contribution is -2.28. The number of aromatic nitrogens is 3. The Morgan fingerprint density at radius 3 is 2.42 bits per heavy atom. The van der Waals surface area contributed by atoms with Gasteiger partial charge in [-0.1, -0.05) is 6.07 Å². The first-order chi connectivity index (χ1) is 17.0. The molecule has 9 nitrogen and oxygen atoms in total. The maximum atomic E-state index is 14.2. The van der Waals surface area contributed by atoms with Crippen LogP contribution in [0.15, 0.2) is 47.4 Å². The third-order valence-electron chi connectivity index (χ3n) is 5.66. The number of anilines is 3. The van der Waals surface area contributed by atoms with Crippen molar-refractivity contribution < 1.29 is 17.6 Å². The monoisotopic (exact) mass is 510 g/mol. The second kappa shape index (κ2) is 9.94. The molecule has 0 atom stereocenters. The molecule has 0 bridgehead atoms. The summed E-state index contributed by atoms with van der Waals surface area (Å²) in [5.74, 6) is 0.782. The van der Waals surface area contributed by atoms with E-state index in [0.717, 1.165) is 29.1 Å². The number of benzene rings is 2. The van der Waals surface area contributed by atoms with Crippen LogP contribution in [0.5, 0.6) is 0 Å². The van der Waals surface area contributed by atoms with E-state index in [1.807, 2.05) is 18.6 Å². The molecule has 2 aromatic carbocycles. The van der Waals surface area contributed by atoms with Crippen molar-refractivity contribution in [3.05, 3.63) is 70.9 Å². The van der Waals surface area contributed by atoms with Gasteiger partial charge >= 0.3 is 0 Å². The van der Waals surface area contributed by atoms with Crippen molar-refractivity contribution >= 4 is 44.2 Å². The number of amides is 1. The van der Waals surface area contributed by atoms with E-state index in [4.69, 9.17) is 0 Å². The van der Waals surface area contributed by atoms with Crippen LogP contribution in [0.4, 0.5) is 21.7 Å². The number of carbonyl (C=O) groups is 1. The maximum Gasteiger partial charge on any atom is 0.264 e. The number of sulfonamides is 1. The van der Waals surface area contributed by atoms with Crippen LogP contribution in [-0.4, -0.2) is 35.8 Å². The van der Waals surface area contributed by atoms with Gasteiger partial charge in [-0.05, 0) is 68.7 Å². The van der Waals surface area contributed by atoms with E-state index in [2.05, 4.69) is 25.6 Å². The third kappa shape index (κ3) is 5.46. The van der Waals surface area contributed by atoms with E-state index in [1.165, 1.54) is 18.2 Å². The van der Waals surface area contributed by atoms with E-state index in [1.54, 1.807) is 31.2 Å². The van der Waals surface area contributed by atoms with Crippen LogP contribution in [0, 0.1) is 26.6 Å². The molecule has 0 aliphatic rings. The lowest BCUT2D eigenvalue weighted by atomic mass is 10.0. The molecular formula is C25H27FN6O3S. The molecule has 0 fully saturated rings. The predicted molar refractivity (Wildman–Crippen MR) is 137 cm³/mol. The van der Waals surface area contributed by atoms with Crippen molar-refractivity contribution in [2.24, 2.45) is 0 Å². The summed E-state index contributed by atoms with van der Waals surface area (Å²) in [5.41, 5.74) is 4.17. The minimum atomic E-state index is -3.90. The molecule has 2 heterocycles. The first-order valence-corrected chi connectivity index (χ1v) is 12.8. The van der Waals surface area contributed by atoms with Gasteiger partial charge in [0.25, 0.3) is 10.0 Å². The molecule has 4 N–H and O–H groups in total. The summed E-state index contributed by atoms with van der Waals surface area (Å²) >= 11 is 0. The standard InChI is InChI=1S/C25H27FN6O3S/c1-14-5-10-21(26)25-24(14)20(15(2)28-25)11-12-27-22-13-23(30-16(3)29-22)31-18-6-8-19(9-7-18)36(34,35)32-17(4)33/h5-10,13,28H,11-12H2,1-4H3,(H,32,33)(H2,27,29,30,31). The van der Waals surface area contributed by atoms with Crippen LogP contribution in [-0.2, 0) is 21.2 Å². The van der Waals surface area contributed by atoms with Crippen molar-refractivity contribution in [2.45, 2.75) is 39.0 Å². The highest BCUT2D eigenvalue weighted by Crippen LogP contribution is 2.28. The number of halogens is 1. The van der Waals surface area contributed by atoms with Crippen molar-refractivity contribution in [3.63, 3.8) is 0 Å². The predicted octanol–water partition coefficient (Wildman–Crippen LogP) is 4.25. The Labute approximate surface area is 208 Å². The van der Waals surface area contributed by atoms with Crippen LogP contribution in [0.3, 0.4) is 0 Å². The number of fused-ring (bicyclic) bond motifs is 1. The molecule has 2 aromatic heterocycles. The van der Waals surface area contributed by atoms with Crippen molar-refractivity contribution in [1.82, 2.24) is 19.7 Å². The Hall–Kier alpha value is -3.99. The van der Waals surface area contributed by atoms with Gasteiger partial charge in [-0.15, -0.1) is 0 Å². The van der Waals surface area contributed by atoms with Crippen LogP contribution >= 0.6 is 0 Å². The van der Waals surface area contributed by atoms with E-state index in [9.17, 15) is 17.6 Å². The fourth-order valence-electron chi connectivity index (χ4n) is 4.11. The van der Waals surface area contributed by atoms with Gasteiger partial charge in [-0.3, -0.25) is 4.79 Å².